The number of Topliss-reactive ketones (excluding diaryl/α,β-unsaturated/α-hetero) is 1. The largest absolute Gasteiger partial charge is 0.496 e. The van der Waals surface area contributed by atoms with E-state index in [1.54, 1.807) is 36.4 Å². The van der Waals surface area contributed by atoms with Gasteiger partial charge in [-0.05, 0) is 43.3 Å². The molecule has 7 heteroatoms. The molecule has 0 fully saturated rings. The van der Waals surface area contributed by atoms with Gasteiger partial charge in [0.2, 0.25) is 5.78 Å². The van der Waals surface area contributed by atoms with Gasteiger partial charge in [0.15, 0.2) is 5.76 Å². The Balaban J connectivity index is 1.43. The summed E-state index contributed by atoms with van der Waals surface area (Å²) in [7, 11) is 2.93. The molecule has 0 spiro atoms. The molecule has 3 aromatic carbocycles. The number of carbonyl (C=O) groups excluding carboxylic acids is 2. The fourth-order valence-electron chi connectivity index (χ4n) is 4.23. The van der Waals surface area contributed by atoms with Gasteiger partial charge in [-0.1, -0.05) is 24.3 Å². The predicted octanol–water partition coefficient (Wildman–Crippen LogP) is 5.51. The van der Waals surface area contributed by atoms with Gasteiger partial charge < -0.3 is 23.5 Å². The van der Waals surface area contributed by atoms with Crippen LogP contribution in [0.25, 0.3) is 17.0 Å². The summed E-state index contributed by atoms with van der Waals surface area (Å²) in [6, 6.07) is 17.7. The van der Waals surface area contributed by atoms with Gasteiger partial charge >= 0.3 is 5.97 Å². The van der Waals surface area contributed by atoms with Crippen LogP contribution in [0.3, 0.4) is 0 Å². The quantitative estimate of drug-likeness (QED) is 0.210. The van der Waals surface area contributed by atoms with Crippen LogP contribution in [0.4, 0.5) is 0 Å². The van der Waals surface area contributed by atoms with E-state index in [2.05, 4.69) is 11.5 Å². The Hall–Kier alpha value is -4.52. The van der Waals surface area contributed by atoms with E-state index in [0.717, 1.165) is 23.0 Å². The number of fused-ring (bicyclic) bond motifs is 2. The Kier molecular flexibility index (Phi) is 5.74. The average molecular weight is 469 g/mol. The number of carbonyl (C=O) groups is 2. The molecule has 0 aliphatic carbocycles. The topological polar surface area (TPSA) is 76.0 Å². The van der Waals surface area contributed by atoms with Crippen LogP contribution in [-0.2, 0) is 6.54 Å². The number of ketones is 1. The van der Waals surface area contributed by atoms with Crippen molar-refractivity contribution < 1.29 is 28.5 Å². The fourth-order valence-corrected chi connectivity index (χ4v) is 4.23. The number of aryl methyl sites for hydroxylation is 1. The lowest BCUT2D eigenvalue weighted by atomic mass is 10.1. The number of aromatic nitrogens is 1. The van der Waals surface area contributed by atoms with Crippen LogP contribution < -0.4 is 18.9 Å². The maximum Gasteiger partial charge on any atom is 0.351 e. The summed E-state index contributed by atoms with van der Waals surface area (Å²) in [5.74, 6) is 0.575. The molecular weight excluding hydrogens is 446 g/mol. The van der Waals surface area contributed by atoms with Crippen molar-refractivity contribution >= 4 is 28.7 Å². The monoisotopic (exact) mass is 469 g/mol. The number of nitrogens with zero attached hydrogens (tertiary/aromatic N) is 1. The smallest absolute Gasteiger partial charge is 0.351 e. The van der Waals surface area contributed by atoms with Crippen molar-refractivity contribution in [3.63, 3.8) is 0 Å². The molecule has 7 nitrogen and oxygen atoms in total. The minimum absolute atomic E-state index is 0.169. The summed E-state index contributed by atoms with van der Waals surface area (Å²) in [5.41, 5.74) is 2.56. The number of methoxy groups -OCH3 is 2. The number of hydrogen-bond donors (Lipinski definition) is 0. The number of allylic oxidation sites excluding steroid dienone is 1. The normalized spacial score (nSPS) is 13.6. The molecule has 0 saturated carbocycles. The molecule has 0 radical (unpaired) electrons. The summed E-state index contributed by atoms with van der Waals surface area (Å²) in [5, 5.41) is 1.04. The van der Waals surface area contributed by atoms with E-state index in [-0.39, 0.29) is 22.9 Å². The molecule has 35 heavy (non-hydrogen) atoms. The van der Waals surface area contributed by atoms with Gasteiger partial charge in [-0.3, -0.25) is 4.79 Å². The lowest BCUT2D eigenvalue weighted by Crippen LogP contribution is -2.12. The molecule has 1 aliphatic rings. The van der Waals surface area contributed by atoms with Crippen LogP contribution in [0.2, 0.25) is 0 Å². The summed E-state index contributed by atoms with van der Waals surface area (Å²) in [6.45, 7) is 2.88. The van der Waals surface area contributed by atoms with Gasteiger partial charge in [-0.25, -0.2) is 4.79 Å². The van der Waals surface area contributed by atoms with Crippen molar-refractivity contribution in [2.24, 2.45) is 0 Å². The molecule has 1 aromatic heterocycles. The first kappa shape index (κ1) is 22.3. The van der Waals surface area contributed by atoms with Crippen molar-refractivity contribution in [1.82, 2.24) is 4.57 Å². The molecule has 0 amide bonds. The van der Waals surface area contributed by atoms with Crippen LogP contribution in [0.1, 0.15) is 33.2 Å². The van der Waals surface area contributed by atoms with E-state index in [9.17, 15) is 9.59 Å². The van der Waals surface area contributed by atoms with E-state index < -0.39 is 5.97 Å². The molecule has 1 aliphatic heterocycles. The van der Waals surface area contributed by atoms with Gasteiger partial charge in [-0.2, -0.15) is 0 Å². The third kappa shape index (κ3) is 3.91. The number of esters is 1. The number of para-hydroxylation sites is 1. The van der Waals surface area contributed by atoms with Crippen LogP contribution in [0.5, 0.6) is 23.0 Å². The number of rotatable bonds is 6. The van der Waals surface area contributed by atoms with Gasteiger partial charge in [-0.15, -0.1) is 0 Å². The fraction of sp³-hybridized carbons (Fsp3) is 0.143. The standard InChI is InChI=1S/C28H23NO6/c1-4-29-16-17(19-8-5-6-9-21(19)29)14-25-27(30)20-13-12-18(15-24(20)35-25)34-28(31)26-22(32-2)10-7-11-23(26)33-3/h5-16H,4H2,1-3H3/b25-14-. The predicted molar refractivity (Wildman–Crippen MR) is 131 cm³/mol. The highest BCUT2D eigenvalue weighted by Crippen LogP contribution is 2.37. The van der Waals surface area contributed by atoms with Crippen LogP contribution >= 0.6 is 0 Å². The lowest BCUT2D eigenvalue weighted by Gasteiger charge is -2.12. The first-order valence-corrected chi connectivity index (χ1v) is 11.1. The van der Waals surface area contributed by atoms with Crippen LogP contribution in [0.15, 0.2) is 72.6 Å². The van der Waals surface area contributed by atoms with Crippen molar-refractivity contribution in [3.8, 4) is 23.0 Å². The molecule has 2 heterocycles. The van der Waals surface area contributed by atoms with Gasteiger partial charge in [0.25, 0.3) is 0 Å². The summed E-state index contributed by atoms with van der Waals surface area (Å²) in [6.07, 6.45) is 3.76. The highest BCUT2D eigenvalue weighted by Gasteiger charge is 2.29. The SMILES string of the molecule is CCn1cc(/C=C2\Oc3cc(OC(=O)c4c(OC)cccc4OC)ccc3C2=O)c2ccccc21. The highest BCUT2D eigenvalue weighted by molar-refractivity contribution is 6.15. The van der Waals surface area contributed by atoms with Crippen molar-refractivity contribution in [3.05, 3.63) is 89.3 Å². The zero-order chi connectivity index (χ0) is 24.5. The zero-order valence-corrected chi connectivity index (χ0v) is 19.5. The van der Waals surface area contributed by atoms with E-state index in [1.807, 2.05) is 30.5 Å². The third-order valence-electron chi connectivity index (χ3n) is 5.93. The van der Waals surface area contributed by atoms with Crippen LogP contribution in [0, 0.1) is 0 Å². The maximum absolute atomic E-state index is 13.0. The Morgan fingerprint density at radius 2 is 1.74 bits per heavy atom. The Morgan fingerprint density at radius 3 is 2.46 bits per heavy atom. The summed E-state index contributed by atoms with van der Waals surface area (Å²) >= 11 is 0. The van der Waals surface area contributed by atoms with E-state index in [0.29, 0.717) is 22.8 Å². The highest BCUT2D eigenvalue weighted by atomic mass is 16.5. The Labute approximate surface area is 202 Å². The van der Waals surface area contributed by atoms with Crippen molar-refractivity contribution in [2.75, 3.05) is 14.2 Å². The summed E-state index contributed by atoms with van der Waals surface area (Å²) < 4.78 is 24.2. The third-order valence-corrected chi connectivity index (χ3v) is 5.93. The van der Waals surface area contributed by atoms with E-state index in [4.69, 9.17) is 18.9 Å². The average Bonchev–Trinajstić information content (AvgIpc) is 3.40. The molecule has 0 N–H and O–H groups in total. The summed E-state index contributed by atoms with van der Waals surface area (Å²) in [4.78, 5) is 25.9. The molecule has 176 valence electrons. The molecule has 5 rings (SSSR count). The molecule has 0 saturated heterocycles. The number of benzene rings is 3. The molecule has 0 bridgehead atoms. The molecule has 0 unspecified atom stereocenters. The second-order valence-corrected chi connectivity index (χ2v) is 7.91. The minimum Gasteiger partial charge on any atom is -0.496 e. The molecule has 0 atom stereocenters. The minimum atomic E-state index is -0.647. The maximum atomic E-state index is 13.0. The van der Waals surface area contributed by atoms with Crippen LogP contribution in [-0.4, -0.2) is 30.5 Å². The van der Waals surface area contributed by atoms with Crippen molar-refractivity contribution in [2.45, 2.75) is 13.5 Å². The second-order valence-electron chi connectivity index (χ2n) is 7.91. The number of ether oxygens (including phenoxy) is 4. The van der Waals surface area contributed by atoms with Crippen molar-refractivity contribution in [1.29, 1.82) is 0 Å². The van der Waals surface area contributed by atoms with Gasteiger partial charge in [0, 0.05) is 35.3 Å². The van der Waals surface area contributed by atoms with Gasteiger partial charge in [0.05, 0.1) is 19.8 Å². The second kappa shape index (κ2) is 9.02. The zero-order valence-electron chi connectivity index (χ0n) is 19.5. The molecule has 4 aromatic rings. The number of hydrogen-bond acceptors (Lipinski definition) is 6. The first-order valence-electron chi connectivity index (χ1n) is 11.1. The van der Waals surface area contributed by atoms with E-state index in [1.165, 1.54) is 20.3 Å². The first-order chi connectivity index (χ1) is 17.0. The lowest BCUT2D eigenvalue weighted by molar-refractivity contribution is 0.0727. The van der Waals surface area contributed by atoms with Gasteiger partial charge in [0.1, 0.15) is 28.6 Å². The molecular formula is C28H23NO6. The Bertz CT molecular complexity index is 1470. The van der Waals surface area contributed by atoms with E-state index >= 15 is 0 Å². The Morgan fingerprint density at radius 1 is 1.00 bits per heavy atom.